The maximum Gasteiger partial charge on any atom is 0.446 e. The predicted molar refractivity (Wildman–Crippen MR) is 106 cm³/mol. The maximum atomic E-state index is 13.0. The third-order valence-corrected chi connectivity index (χ3v) is 5.33. The number of rotatable bonds is 5. The molecule has 29 heavy (non-hydrogen) atoms. The van der Waals surface area contributed by atoms with Crippen LogP contribution in [0.4, 0.5) is 13.2 Å². The summed E-state index contributed by atoms with van der Waals surface area (Å²) >= 11 is -0.234. The summed E-state index contributed by atoms with van der Waals surface area (Å²) in [4.78, 5) is 17.1. The van der Waals surface area contributed by atoms with Crippen molar-refractivity contribution in [2.75, 3.05) is 0 Å². The number of benzene rings is 1. The summed E-state index contributed by atoms with van der Waals surface area (Å²) in [6.45, 7) is 5.93. The average molecular weight is 423 g/mol. The molecular weight excluding hydrogens is 403 g/mol. The number of thioether (sulfide) groups is 1. The quantitative estimate of drug-likeness (QED) is 0.597. The summed E-state index contributed by atoms with van der Waals surface area (Å²) in [7, 11) is 0. The Bertz CT molecular complexity index is 1070. The standard InChI is InChI=1S/C20H20F3N3O2S/c1-12(2)17-10-24-9-8-14(17)11-25-13(3)18(27)26(19(25)28)15-4-6-16(7-5-15)29-20(21,22)23/h4-10,12,27H,11H2,1-3H3. The van der Waals surface area contributed by atoms with Gasteiger partial charge >= 0.3 is 11.2 Å². The molecule has 5 nitrogen and oxygen atoms in total. The highest BCUT2D eigenvalue weighted by Crippen LogP contribution is 2.37. The molecule has 0 saturated heterocycles. The van der Waals surface area contributed by atoms with Crippen LogP contribution >= 0.6 is 11.8 Å². The lowest BCUT2D eigenvalue weighted by molar-refractivity contribution is -0.0328. The van der Waals surface area contributed by atoms with Crippen molar-refractivity contribution < 1.29 is 18.3 Å². The van der Waals surface area contributed by atoms with Gasteiger partial charge in [0.25, 0.3) is 0 Å². The van der Waals surface area contributed by atoms with Gasteiger partial charge in [-0.25, -0.2) is 9.36 Å². The molecule has 0 bridgehead atoms. The maximum absolute atomic E-state index is 13.0. The van der Waals surface area contributed by atoms with Crippen LogP contribution in [0.1, 0.15) is 36.6 Å². The van der Waals surface area contributed by atoms with Crippen molar-refractivity contribution in [1.29, 1.82) is 0 Å². The van der Waals surface area contributed by atoms with Gasteiger partial charge in [0.2, 0.25) is 5.88 Å². The van der Waals surface area contributed by atoms with E-state index in [1.54, 1.807) is 19.3 Å². The molecule has 2 aromatic heterocycles. The van der Waals surface area contributed by atoms with Gasteiger partial charge in [-0.3, -0.25) is 9.55 Å². The molecule has 1 aromatic carbocycles. The highest BCUT2D eigenvalue weighted by Gasteiger charge is 2.29. The van der Waals surface area contributed by atoms with Gasteiger partial charge in [-0.1, -0.05) is 13.8 Å². The largest absolute Gasteiger partial charge is 0.493 e. The van der Waals surface area contributed by atoms with Gasteiger partial charge in [-0.2, -0.15) is 13.2 Å². The number of nitrogens with zero attached hydrogens (tertiary/aromatic N) is 3. The van der Waals surface area contributed by atoms with Gasteiger partial charge < -0.3 is 5.11 Å². The van der Waals surface area contributed by atoms with Crippen LogP contribution in [0, 0.1) is 6.92 Å². The van der Waals surface area contributed by atoms with E-state index in [-0.39, 0.29) is 35.0 Å². The van der Waals surface area contributed by atoms with Crippen LogP contribution in [-0.2, 0) is 6.54 Å². The topological polar surface area (TPSA) is 60.1 Å². The molecule has 0 radical (unpaired) electrons. The lowest BCUT2D eigenvalue weighted by Crippen LogP contribution is -2.24. The second-order valence-electron chi connectivity index (χ2n) is 6.88. The lowest BCUT2D eigenvalue weighted by Gasteiger charge is -2.12. The molecule has 0 atom stereocenters. The van der Waals surface area contributed by atoms with Crippen LogP contribution in [0.25, 0.3) is 5.69 Å². The van der Waals surface area contributed by atoms with Crippen LogP contribution < -0.4 is 5.69 Å². The van der Waals surface area contributed by atoms with Gasteiger partial charge in [-0.15, -0.1) is 0 Å². The number of halogens is 3. The summed E-state index contributed by atoms with van der Waals surface area (Å²) in [5, 5.41) is 10.5. The second-order valence-corrected chi connectivity index (χ2v) is 8.02. The summed E-state index contributed by atoms with van der Waals surface area (Å²) < 4.78 is 40.0. The molecule has 0 fully saturated rings. The molecule has 0 unspecified atom stereocenters. The normalized spacial score (nSPS) is 12.0. The molecule has 3 rings (SSSR count). The second kappa shape index (κ2) is 7.98. The Morgan fingerprint density at radius 1 is 1.17 bits per heavy atom. The molecule has 2 heterocycles. The van der Waals surface area contributed by atoms with Gasteiger partial charge in [0, 0.05) is 17.3 Å². The number of hydrogen-bond donors (Lipinski definition) is 1. The zero-order chi connectivity index (χ0) is 21.3. The van der Waals surface area contributed by atoms with Crippen LogP contribution in [0.2, 0.25) is 0 Å². The summed E-state index contributed by atoms with van der Waals surface area (Å²) in [6, 6.07) is 7.13. The van der Waals surface area contributed by atoms with Gasteiger partial charge in [0.1, 0.15) is 0 Å². The summed E-state index contributed by atoms with van der Waals surface area (Å²) in [5.74, 6) is -0.0320. The van der Waals surface area contributed by atoms with Crippen LogP contribution in [-0.4, -0.2) is 24.7 Å². The van der Waals surface area contributed by atoms with Crippen molar-refractivity contribution in [2.45, 2.75) is 43.6 Å². The smallest absolute Gasteiger partial charge is 0.446 e. The Hall–Kier alpha value is -2.68. The summed E-state index contributed by atoms with van der Waals surface area (Å²) in [5.41, 5.74) is -2.29. The fraction of sp³-hybridized carbons (Fsp3) is 0.300. The predicted octanol–water partition coefficient (Wildman–Crippen LogP) is 4.83. The number of aromatic nitrogens is 3. The molecule has 154 valence electrons. The third-order valence-electron chi connectivity index (χ3n) is 4.59. The molecule has 9 heteroatoms. The average Bonchev–Trinajstić information content (AvgIpc) is 2.85. The minimum Gasteiger partial charge on any atom is -0.493 e. The minimum atomic E-state index is -4.39. The van der Waals surface area contributed by atoms with Crippen molar-refractivity contribution >= 4 is 11.8 Å². The van der Waals surface area contributed by atoms with E-state index in [1.165, 1.54) is 28.8 Å². The molecule has 0 aliphatic rings. The van der Waals surface area contributed by atoms with E-state index >= 15 is 0 Å². The molecule has 0 aliphatic carbocycles. The fourth-order valence-corrected chi connectivity index (χ4v) is 3.66. The number of imidazole rings is 1. The number of hydrogen-bond acceptors (Lipinski definition) is 4. The number of pyridine rings is 1. The fourth-order valence-electron chi connectivity index (χ4n) is 3.12. The first-order chi connectivity index (χ1) is 13.6. The Labute approximate surface area is 169 Å². The third kappa shape index (κ3) is 4.50. The molecule has 0 aliphatic heterocycles. The van der Waals surface area contributed by atoms with Crippen molar-refractivity contribution in [3.63, 3.8) is 0 Å². The number of alkyl halides is 3. The van der Waals surface area contributed by atoms with E-state index in [0.717, 1.165) is 15.7 Å². The molecule has 0 amide bonds. The van der Waals surface area contributed by atoms with Gasteiger partial charge in [0.15, 0.2) is 0 Å². The molecule has 0 saturated carbocycles. The van der Waals surface area contributed by atoms with Gasteiger partial charge in [-0.05, 0) is 66.1 Å². The highest BCUT2D eigenvalue weighted by molar-refractivity contribution is 8.00. The Morgan fingerprint density at radius 2 is 1.83 bits per heavy atom. The Kier molecular flexibility index (Phi) is 5.79. The van der Waals surface area contributed by atoms with Gasteiger partial charge in [0.05, 0.1) is 17.9 Å². The van der Waals surface area contributed by atoms with Crippen LogP contribution in [0.15, 0.2) is 52.4 Å². The monoisotopic (exact) mass is 423 g/mol. The van der Waals surface area contributed by atoms with E-state index in [0.29, 0.717) is 11.4 Å². The number of aromatic hydroxyl groups is 1. The zero-order valence-corrected chi connectivity index (χ0v) is 16.9. The molecule has 1 N–H and O–H groups in total. The lowest BCUT2D eigenvalue weighted by atomic mass is 10.00. The van der Waals surface area contributed by atoms with E-state index in [1.807, 2.05) is 19.9 Å². The van der Waals surface area contributed by atoms with Crippen LogP contribution in [0.5, 0.6) is 5.88 Å². The van der Waals surface area contributed by atoms with Crippen molar-refractivity contribution in [3.05, 3.63) is 70.0 Å². The molecular formula is C20H20F3N3O2S. The summed E-state index contributed by atoms with van der Waals surface area (Å²) in [6.07, 6.45) is 3.41. The first-order valence-electron chi connectivity index (χ1n) is 8.88. The molecule has 3 aromatic rings. The minimum absolute atomic E-state index is 0.00306. The SMILES string of the molecule is Cc1c(O)n(-c2ccc(SC(F)(F)F)cc2)c(=O)n1Cc1ccncc1C(C)C. The Morgan fingerprint density at radius 3 is 2.41 bits per heavy atom. The molecule has 0 spiro atoms. The van der Waals surface area contributed by atoms with E-state index in [9.17, 15) is 23.1 Å². The highest BCUT2D eigenvalue weighted by atomic mass is 32.2. The van der Waals surface area contributed by atoms with Crippen molar-refractivity contribution in [1.82, 2.24) is 14.1 Å². The Balaban J connectivity index is 1.99. The van der Waals surface area contributed by atoms with Crippen LogP contribution in [0.3, 0.4) is 0 Å². The van der Waals surface area contributed by atoms with Crippen molar-refractivity contribution in [3.8, 4) is 11.6 Å². The van der Waals surface area contributed by atoms with E-state index in [4.69, 9.17) is 0 Å². The first-order valence-corrected chi connectivity index (χ1v) is 9.70. The first kappa shape index (κ1) is 21.0. The zero-order valence-electron chi connectivity index (χ0n) is 16.1. The van der Waals surface area contributed by atoms with Crippen molar-refractivity contribution in [2.24, 2.45) is 0 Å². The van der Waals surface area contributed by atoms with E-state index < -0.39 is 11.2 Å². The van der Waals surface area contributed by atoms with E-state index in [2.05, 4.69) is 4.98 Å².